The monoisotopic (exact) mass is 250 g/mol. The average molecular weight is 251 g/mol. The summed E-state index contributed by atoms with van der Waals surface area (Å²) >= 11 is 5.91. The van der Waals surface area contributed by atoms with Crippen LogP contribution in [0.5, 0.6) is 0 Å². The molecule has 0 unspecified atom stereocenters. The summed E-state index contributed by atoms with van der Waals surface area (Å²) in [6.45, 7) is 8.58. The van der Waals surface area contributed by atoms with E-state index in [0.29, 0.717) is 17.5 Å². The Morgan fingerprint density at radius 1 is 1.18 bits per heavy atom. The van der Waals surface area contributed by atoms with E-state index in [-0.39, 0.29) is 0 Å². The second kappa shape index (κ2) is 4.45. The molecule has 4 nitrogen and oxygen atoms in total. The van der Waals surface area contributed by atoms with Gasteiger partial charge in [0.2, 0.25) is 0 Å². The molecule has 0 saturated heterocycles. The lowest BCUT2D eigenvalue weighted by Crippen LogP contribution is -2.08. The molecule has 2 aromatic heterocycles. The summed E-state index contributed by atoms with van der Waals surface area (Å²) in [5.41, 5.74) is 4.27. The van der Waals surface area contributed by atoms with Gasteiger partial charge in [-0.15, -0.1) is 0 Å². The second-order valence-corrected chi connectivity index (χ2v) is 4.59. The van der Waals surface area contributed by atoms with Crippen LogP contribution in [-0.4, -0.2) is 19.7 Å². The first-order valence-electron chi connectivity index (χ1n) is 5.48. The number of halogens is 1. The maximum Gasteiger partial charge on any atom is 0.151 e. The van der Waals surface area contributed by atoms with Crippen molar-refractivity contribution < 1.29 is 0 Å². The summed E-state index contributed by atoms with van der Waals surface area (Å²) in [6.07, 6.45) is 0. The van der Waals surface area contributed by atoms with Crippen LogP contribution in [0, 0.1) is 27.7 Å². The van der Waals surface area contributed by atoms with Crippen LogP contribution in [0.3, 0.4) is 0 Å². The van der Waals surface area contributed by atoms with Crippen molar-refractivity contribution in [2.45, 2.75) is 34.2 Å². The summed E-state index contributed by atoms with van der Waals surface area (Å²) in [5, 5.41) is 4.94. The topological polar surface area (TPSA) is 43.6 Å². The van der Waals surface area contributed by atoms with Crippen molar-refractivity contribution in [2.24, 2.45) is 0 Å². The second-order valence-electron chi connectivity index (χ2n) is 4.20. The summed E-state index contributed by atoms with van der Waals surface area (Å²) < 4.78 is 1.91. The molecule has 0 N–H and O–H groups in total. The summed E-state index contributed by atoms with van der Waals surface area (Å²) in [6, 6.07) is 1.75. The van der Waals surface area contributed by atoms with Gasteiger partial charge in [0.25, 0.3) is 0 Å². The van der Waals surface area contributed by atoms with E-state index >= 15 is 0 Å². The first-order valence-corrected chi connectivity index (χ1v) is 5.86. The molecule has 0 amide bonds. The van der Waals surface area contributed by atoms with Crippen LogP contribution in [0.1, 0.15) is 28.5 Å². The van der Waals surface area contributed by atoms with E-state index < -0.39 is 0 Å². The quantitative estimate of drug-likeness (QED) is 0.770. The number of rotatable bonds is 2. The molecular weight excluding hydrogens is 236 g/mol. The lowest BCUT2D eigenvalue weighted by atomic mass is 10.2. The van der Waals surface area contributed by atoms with Crippen molar-refractivity contribution >= 4 is 11.6 Å². The number of hydrogen-bond donors (Lipinski definition) is 0. The van der Waals surface area contributed by atoms with Gasteiger partial charge in [-0.05, 0) is 39.3 Å². The third-order valence-electron chi connectivity index (χ3n) is 2.90. The lowest BCUT2D eigenvalue weighted by molar-refractivity contribution is 0.629. The van der Waals surface area contributed by atoms with Crippen LogP contribution in [-0.2, 0) is 6.54 Å². The molecule has 0 atom stereocenters. The first kappa shape index (κ1) is 12.0. The highest BCUT2D eigenvalue weighted by Crippen LogP contribution is 2.13. The Balaban J connectivity index is 2.34. The fourth-order valence-electron chi connectivity index (χ4n) is 1.73. The lowest BCUT2D eigenvalue weighted by Gasteiger charge is -2.05. The van der Waals surface area contributed by atoms with Crippen LogP contribution in [0.4, 0.5) is 0 Å². The minimum atomic E-state index is 0.478. The van der Waals surface area contributed by atoms with Gasteiger partial charge in [-0.1, -0.05) is 11.6 Å². The SMILES string of the molecule is Cc1cc(Cl)nc(Cn2nc(C)c(C)c2C)n1. The Hall–Kier alpha value is -1.42. The molecule has 0 bridgehead atoms. The largest absolute Gasteiger partial charge is 0.262 e. The number of hydrogen-bond acceptors (Lipinski definition) is 3. The Kier molecular flexibility index (Phi) is 3.15. The molecule has 17 heavy (non-hydrogen) atoms. The van der Waals surface area contributed by atoms with E-state index in [1.165, 1.54) is 5.56 Å². The molecule has 0 saturated carbocycles. The van der Waals surface area contributed by atoms with E-state index in [2.05, 4.69) is 22.0 Å². The molecule has 5 heteroatoms. The standard InChI is InChI=1S/C12H15ClN4/c1-7-5-11(13)15-12(14-7)6-17-10(4)8(2)9(3)16-17/h5H,6H2,1-4H3. The zero-order chi connectivity index (χ0) is 12.6. The highest BCUT2D eigenvalue weighted by molar-refractivity contribution is 6.29. The van der Waals surface area contributed by atoms with Crippen molar-refractivity contribution in [1.29, 1.82) is 0 Å². The normalized spacial score (nSPS) is 10.9. The van der Waals surface area contributed by atoms with E-state index in [1.54, 1.807) is 6.07 Å². The third-order valence-corrected chi connectivity index (χ3v) is 3.10. The van der Waals surface area contributed by atoms with Crippen LogP contribution < -0.4 is 0 Å². The van der Waals surface area contributed by atoms with Crippen LogP contribution in [0.15, 0.2) is 6.07 Å². The Morgan fingerprint density at radius 3 is 2.41 bits per heavy atom. The van der Waals surface area contributed by atoms with Gasteiger partial charge < -0.3 is 0 Å². The minimum Gasteiger partial charge on any atom is -0.262 e. The smallest absolute Gasteiger partial charge is 0.151 e. The van der Waals surface area contributed by atoms with Crippen LogP contribution >= 0.6 is 11.6 Å². The van der Waals surface area contributed by atoms with E-state index in [1.807, 2.05) is 25.5 Å². The maximum atomic E-state index is 5.91. The van der Waals surface area contributed by atoms with E-state index in [0.717, 1.165) is 17.1 Å². The van der Waals surface area contributed by atoms with Crippen molar-refractivity contribution in [3.8, 4) is 0 Å². The molecule has 0 aliphatic heterocycles. The molecule has 0 aliphatic carbocycles. The van der Waals surface area contributed by atoms with Gasteiger partial charge in [0.05, 0.1) is 5.69 Å². The third kappa shape index (κ3) is 2.47. The Labute approximate surface area is 106 Å². The Bertz CT molecular complexity index is 540. The van der Waals surface area contributed by atoms with Gasteiger partial charge >= 0.3 is 0 Å². The van der Waals surface area contributed by atoms with Crippen molar-refractivity contribution in [2.75, 3.05) is 0 Å². The minimum absolute atomic E-state index is 0.478. The number of nitrogens with zero attached hydrogens (tertiary/aromatic N) is 4. The zero-order valence-electron chi connectivity index (χ0n) is 10.5. The van der Waals surface area contributed by atoms with E-state index in [4.69, 9.17) is 11.6 Å². The van der Waals surface area contributed by atoms with Gasteiger partial charge in [0.15, 0.2) is 5.82 Å². The maximum absolute atomic E-state index is 5.91. The van der Waals surface area contributed by atoms with Crippen molar-refractivity contribution in [3.63, 3.8) is 0 Å². The number of aromatic nitrogens is 4. The molecular formula is C12H15ClN4. The van der Waals surface area contributed by atoms with Gasteiger partial charge in [0, 0.05) is 11.4 Å². The Morgan fingerprint density at radius 2 is 1.88 bits per heavy atom. The van der Waals surface area contributed by atoms with Gasteiger partial charge in [-0.25, -0.2) is 9.97 Å². The molecule has 0 spiro atoms. The summed E-state index contributed by atoms with van der Waals surface area (Å²) in [5.74, 6) is 0.695. The fraction of sp³-hybridized carbons (Fsp3) is 0.417. The summed E-state index contributed by atoms with van der Waals surface area (Å²) in [4.78, 5) is 8.56. The highest BCUT2D eigenvalue weighted by Gasteiger charge is 2.09. The molecule has 0 aromatic carbocycles. The van der Waals surface area contributed by atoms with Crippen molar-refractivity contribution in [3.05, 3.63) is 39.7 Å². The first-order chi connectivity index (χ1) is 7.97. The zero-order valence-corrected chi connectivity index (χ0v) is 11.2. The average Bonchev–Trinajstić information content (AvgIpc) is 2.45. The number of aryl methyl sites for hydroxylation is 2. The van der Waals surface area contributed by atoms with Crippen LogP contribution in [0.25, 0.3) is 0 Å². The predicted molar refractivity (Wildman–Crippen MR) is 67.3 cm³/mol. The summed E-state index contributed by atoms with van der Waals surface area (Å²) in [7, 11) is 0. The molecule has 0 aliphatic rings. The predicted octanol–water partition coefficient (Wildman–Crippen LogP) is 2.61. The molecule has 2 aromatic rings. The van der Waals surface area contributed by atoms with Gasteiger partial charge in [-0.2, -0.15) is 5.10 Å². The van der Waals surface area contributed by atoms with Crippen molar-refractivity contribution in [1.82, 2.24) is 19.7 Å². The highest BCUT2D eigenvalue weighted by atomic mass is 35.5. The van der Waals surface area contributed by atoms with Crippen LogP contribution in [0.2, 0.25) is 5.15 Å². The molecule has 90 valence electrons. The molecule has 2 heterocycles. The fourth-order valence-corrected chi connectivity index (χ4v) is 1.99. The van der Waals surface area contributed by atoms with Gasteiger partial charge in [-0.3, -0.25) is 4.68 Å². The molecule has 0 radical (unpaired) electrons. The van der Waals surface area contributed by atoms with Gasteiger partial charge in [0.1, 0.15) is 11.7 Å². The van der Waals surface area contributed by atoms with E-state index in [9.17, 15) is 0 Å². The molecule has 0 fully saturated rings. The molecule has 2 rings (SSSR count).